The van der Waals surface area contributed by atoms with Crippen LogP contribution >= 0.6 is 0 Å². The number of para-hydroxylation sites is 1. The molecule has 0 unspecified atom stereocenters. The molecule has 0 amide bonds. The molecule has 0 atom stereocenters. The second-order valence-electron chi connectivity index (χ2n) is 21.6. The maximum absolute atomic E-state index is 2.48. The van der Waals surface area contributed by atoms with Crippen molar-refractivity contribution in [1.29, 1.82) is 0 Å². The largest absolute Gasteiger partial charge is 0.311 e. The van der Waals surface area contributed by atoms with Gasteiger partial charge in [-0.2, -0.15) is 0 Å². The highest BCUT2D eigenvalue weighted by molar-refractivity contribution is 6.06. The number of nitrogens with zero attached hydrogens (tertiary/aromatic N) is 2. The van der Waals surface area contributed by atoms with Gasteiger partial charge >= 0.3 is 0 Å². The summed E-state index contributed by atoms with van der Waals surface area (Å²) in [6, 6.07) is 115. The molecule has 1 aliphatic rings. The Kier molecular flexibility index (Phi) is 12.6. The lowest BCUT2D eigenvalue weighted by atomic mass is 9.82. The van der Waals surface area contributed by atoms with Gasteiger partial charge in [-0.3, -0.25) is 0 Å². The molecule has 0 aromatic heterocycles. The van der Waals surface area contributed by atoms with Crippen LogP contribution in [-0.4, -0.2) is 0 Å². The van der Waals surface area contributed by atoms with Gasteiger partial charge in [0.1, 0.15) is 0 Å². The van der Waals surface area contributed by atoms with Crippen molar-refractivity contribution in [2.45, 2.75) is 19.3 Å². The summed E-state index contributed by atoms with van der Waals surface area (Å²) < 4.78 is 0. The van der Waals surface area contributed by atoms with E-state index in [1.165, 1.54) is 77.5 Å². The summed E-state index contributed by atoms with van der Waals surface area (Å²) in [4.78, 5) is 4.82. The fraction of sp³-hybridized carbons (Fsp3) is 0.0380. The standard InChI is InChI=1S/C79H58N2/c1-79(2)75-35-21-20-34-69(75)70-50-49-67(52-76(70)79)81(77-51-42-59-28-18-19-33-68(59)78(77)62-29-14-6-15-30-62)66-47-40-61(41-48-66)74-54-71(57-24-10-4-11-25-57)73(53-72(74)58-26-12-5-13-27-58)60-38-45-65(46-39-60)80(63-31-16-7-17-32-63)64-43-36-56(37-44-64)55-22-8-3-9-23-55/h3-54H,1-2H3. The van der Waals surface area contributed by atoms with Gasteiger partial charge in [0.2, 0.25) is 0 Å². The molecule has 0 radical (unpaired) electrons. The minimum Gasteiger partial charge on any atom is -0.311 e. The third-order valence-corrected chi connectivity index (χ3v) is 16.5. The van der Waals surface area contributed by atoms with Crippen LogP contribution in [0.15, 0.2) is 315 Å². The smallest absolute Gasteiger partial charge is 0.0546 e. The molecule has 0 heterocycles. The first-order valence-electron chi connectivity index (χ1n) is 28.1. The van der Waals surface area contributed by atoms with Gasteiger partial charge in [-0.1, -0.05) is 250 Å². The SMILES string of the molecule is CC1(C)c2ccccc2-c2ccc(N(c3ccc(-c4cc(-c5ccccc5)c(-c5ccc(N(c6ccccc6)c6ccc(-c7ccccc7)cc6)cc5)cc4-c4ccccc4)cc3)c3ccc4ccccc4c3-c3ccccc3)cc21. The van der Waals surface area contributed by atoms with Crippen LogP contribution in [0.5, 0.6) is 0 Å². The maximum Gasteiger partial charge on any atom is 0.0546 e. The van der Waals surface area contributed by atoms with Crippen LogP contribution in [0.25, 0.3) is 88.7 Å². The summed E-state index contributed by atoms with van der Waals surface area (Å²) in [5, 5.41) is 2.43. The number of rotatable bonds is 12. The number of hydrogen-bond donors (Lipinski definition) is 0. The number of anilines is 6. The average molecular weight is 1040 g/mol. The second-order valence-corrected chi connectivity index (χ2v) is 21.6. The van der Waals surface area contributed by atoms with E-state index in [2.05, 4.69) is 339 Å². The van der Waals surface area contributed by atoms with E-state index in [4.69, 9.17) is 0 Å². The van der Waals surface area contributed by atoms with Crippen molar-refractivity contribution in [3.63, 3.8) is 0 Å². The molecule has 0 saturated heterocycles. The van der Waals surface area contributed by atoms with Crippen molar-refractivity contribution in [1.82, 2.24) is 0 Å². The lowest BCUT2D eigenvalue weighted by molar-refractivity contribution is 0.660. The topological polar surface area (TPSA) is 6.48 Å². The van der Waals surface area contributed by atoms with Crippen LogP contribution in [0.2, 0.25) is 0 Å². The van der Waals surface area contributed by atoms with Crippen LogP contribution in [0, 0.1) is 0 Å². The zero-order chi connectivity index (χ0) is 54.3. The molecule has 0 saturated carbocycles. The molecule has 0 fully saturated rings. The van der Waals surface area contributed by atoms with Gasteiger partial charge in [-0.25, -0.2) is 0 Å². The van der Waals surface area contributed by atoms with Crippen molar-refractivity contribution in [2.75, 3.05) is 9.80 Å². The predicted molar refractivity (Wildman–Crippen MR) is 343 cm³/mol. The fourth-order valence-electron chi connectivity index (χ4n) is 12.4. The molecule has 1 aliphatic carbocycles. The number of benzene rings is 13. The third kappa shape index (κ3) is 9.07. The Bertz CT molecular complexity index is 4360. The minimum absolute atomic E-state index is 0.167. The van der Waals surface area contributed by atoms with E-state index in [0.29, 0.717) is 0 Å². The molecular weight excluding hydrogens is 977 g/mol. The van der Waals surface area contributed by atoms with E-state index in [9.17, 15) is 0 Å². The second kappa shape index (κ2) is 20.8. The van der Waals surface area contributed by atoms with Crippen molar-refractivity contribution >= 4 is 44.9 Å². The van der Waals surface area contributed by atoms with E-state index in [1.54, 1.807) is 0 Å². The van der Waals surface area contributed by atoms with Gasteiger partial charge in [0.15, 0.2) is 0 Å². The Morgan fingerprint density at radius 2 is 0.617 bits per heavy atom. The molecule has 81 heavy (non-hydrogen) atoms. The molecule has 0 spiro atoms. The molecule has 2 nitrogen and oxygen atoms in total. The third-order valence-electron chi connectivity index (χ3n) is 16.5. The quantitative estimate of drug-likeness (QED) is 0.120. The van der Waals surface area contributed by atoms with Crippen molar-refractivity contribution < 1.29 is 0 Å². The molecule has 13 aromatic rings. The molecule has 14 rings (SSSR count). The Balaban J connectivity index is 0.906. The Morgan fingerprint density at radius 3 is 1.17 bits per heavy atom. The highest BCUT2D eigenvalue weighted by Gasteiger charge is 2.36. The van der Waals surface area contributed by atoms with Gasteiger partial charge in [0.05, 0.1) is 5.69 Å². The van der Waals surface area contributed by atoms with E-state index in [1.807, 2.05) is 0 Å². The molecule has 0 aliphatic heterocycles. The molecule has 13 aromatic carbocycles. The number of fused-ring (bicyclic) bond motifs is 4. The van der Waals surface area contributed by atoms with Crippen LogP contribution in [0.1, 0.15) is 25.0 Å². The summed E-state index contributed by atoms with van der Waals surface area (Å²) in [6.45, 7) is 4.74. The van der Waals surface area contributed by atoms with E-state index in [0.717, 1.165) is 56.4 Å². The predicted octanol–water partition coefficient (Wildman–Crippen LogP) is 22.1. The molecular formula is C79H58N2. The summed E-state index contributed by atoms with van der Waals surface area (Å²) in [6.07, 6.45) is 0. The lowest BCUT2D eigenvalue weighted by Gasteiger charge is -2.30. The molecule has 384 valence electrons. The van der Waals surface area contributed by atoms with E-state index >= 15 is 0 Å². The summed E-state index contributed by atoms with van der Waals surface area (Å²) in [7, 11) is 0. The summed E-state index contributed by atoms with van der Waals surface area (Å²) in [5.41, 5.74) is 25.8. The van der Waals surface area contributed by atoms with Crippen molar-refractivity contribution in [2.24, 2.45) is 0 Å². The minimum atomic E-state index is -0.167. The van der Waals surface area contributed by atoms with Gasteiger partial charge in [-0.05, 0) is 173 Å². The average Bonchev–Trinajstić information content (AvgIpc) is 3.84. The van der Waals surface area contributed by atoms with Gasteiger partial charge in [0, 0.05) is 39.4 Å². The first-order valence-corrected chi connectivity index (χ1v) is 28.1. The zero-order valence-electron chi connectivity index (χ0n) is 45.4. The summed E-state index contributed by atoms with van der Waals surface area (Å²) in [5.74, 6) is 0. The Morgan fingerprint density at radius 1 is 0.235 bits per heavy atom. The molecule has 0 bridgehead atoms. The maximum atomic E-state index is 2.48. The van der Waals surface area contributed by atoms with Gasteiger partial charge in [0.25, 0.3) is 0 Å². The highest BCUT2D eigenvalue weighted by Crippen LogP contribution is 2.52. The van der Waals surface area contributed by atoms with Crippen LogP contribution in [-0.2, 0) is 5.41 Å². The summed E-state index contributed by atoms with van der Waals surface area (Å²) >= 11 is 0. The van der Waals surface area contributed by atoms with Crippen molar-refractivity contribution in [3.05, 3.63) is 327 Å². The van der Waals surface area contributed by atoms with Gasteiger partial charge < -0.3 is 9.80 Å². The van der Waals surface area contributed by atoms with Crippen LogP contribution in [0.3, 0.4) is 0 Å². The zero-order valence-corrected chi connectivity index (χ0v) is 45.4. The number of hydrogen-bond acceptors (Lipinski definition) is 2. The van der Waals surface area contributed by atoms with Crippen LogP contribution < -0.4 is 9.80 Å². The van der Waals surface area contributed by atoms with Gasteiger partial charge in [-0.15, -0.1) is 0 Å². The monoisotopic (exact) mass is 1030 g/mol. The Labute approximate surface area is 475 Å². The Hall–Kier alpha value is -10.3. The van der Waals surface area contributed by atoms with Crippen LogP contribution in [0.4, 0.5) is 34.1 Å². The van der Waals surface area contributed by atoms with E-state index < -0.39 is 0 Å². The first-order chi connectivity index (χ1) is 39.9. The molecule has 2 heteroatoms. The molecule has 0 N–H and O–H groups in total. The lowest BCUT2D eigenvalue weighted by Crippen LogP contribution is -2.17. The van der Waals surface area contributed by atoms with Crippen molar-refractivity contribution in [3.8, 4) is 77.9 Å². The fourth-order valence-corrected chi connectivity index (χ4v) is 12.4. The normalized spacial score (nSPS) is 12.2. The highest BCUT2D eigenvalue weighted by atomic mass is 15.1. The first kappa shape index (κ1) is 49.0. The van der Waals surface area contributed by atoms with E-state index in [-0.39, 0.29) is 5.41 Å².